The van der Waals surface area contributed by atoms with E-state index in [9.17, 15) is 0 Å². The molecule has 1 saturated carbocycles. The number of nitrogens with zero attached hydrogens (tertiary/aromatic N) is 1. The quantitative estimate of drug-likeness (QED) is 0.799. The van der Waals surface area contributed by atoms with Crippen molar-refractivity contribution in [3.8, 4) is 11.8 Å². The van der Waals surface area contributed by atoms with E-state index >= 15 is 0 Å². The van der Waals surface area contributed by atoms with Crippen LogP contribution in [0.2, 0.25) is 0 Å². The average Bonchev–Trinajstić information content (AvgIpc) is 2.82. The van der Waals surface area contributed by atoms with Crippen LogP contribution in [0.5, 0.6) is 5.75 Å². The van der Waals surface area contributed by atoms with Crippen molar-refractivity contribution >= 4 is 11.8 Å². The number of thioether (sulfide) groups is 1. The number of rotatable bonds is 3. The molecule has 0 aromatic heterocycles. The van der Waals surface area contributed by atoms with Gasteiger partial charge in [0.25, 0.3) is 0 Å². The van der Waals surface area contributed by atoms with E-state index in [1.165, 1.54) is 25.7 Å². The average molecular weight is 233 g/mol. The van der Waals surface area contributed by atoms with Crippen LogP contribution in [0.3, 0.4) is 0 Å². The van der Waals surface area contributed by atoms with Crippen LogP contribution in [0.15, 0.2) is 23.1 Å². The van der Waals surface area contributed by atoms with Gasteiger partial charge in [-0.3, -0.25) is 0 Å². The van der Waals surface area contributed by atoms with Crippen molar-refractivity contribution in [3.63, 3.8) is 0 Å². The third-order valence-electron chi connectivity index (χ3n) is 2.91. The zero-order chi connectivity index (χ0) is 11.4. The fourth-order valence-electron chi connectivity index (χ4n) is 2.01. The molecule has 1 aromatic carbocycles. The van der Waals surface area contributed by atoms with Crippen LogP contribution in [0.1, 0.15) is 31.2 Å². The van der Waals surface area contributed by atoms with E-state index in [2.05, 4.69) is 6.07 Å². The first kappa shape index (κ1) is 11.3. The minimum atomic E-state index is 0.680. The summed E-state index contributed by atoms with van der Waals surface area (Å²) in [6, 6.07) is 7.91. The fraction of sp³-hybridized carbons (Fsp3) is 0.462. The lowest BCUT2D eigenvalue weighted by Crippen LogP contribution is -1.95. The lowest BCUT2D eigenvalue weighted by molar-refractivity contribution is 0.413. The predicted molar refractivity (Wildman–Crippen MR) is 65.8 cm³/mol. The summed E-state index contributed by atoms with van der Waals surface area (Å²) in [6.45, 7) is 0. The van der Waals surface area contributed by atoms with Crippen molar-refractivity contribution in [2.75, 3.05) is 7.11 Å². The molecule has 16 heavy (non-hydrogen) atoms. The predicted octanol–water partition coefficient (Wildman–Crippen LogP) is 3.60. The fourth-order valence-corrected chi connectivity index (χ4v) is 3.36. The third kappa shape index (κ3) is 2.51. The number of ether oxygens (including phenoxy) is 1. The van der Waals surface area contributed by atoms with Crippen molar-refractivity contribution in [1.82, 2.24) is 0 Å². The van der Waals surface area contributed by atoms with E-state index in [1.807, 2.05) is 30.0 Å². The van der Waals surface area contributed by atoms with Gasteiger partial charge >= 0.3 is 0 Å². The molecule has 1 fully saturated rings. The monoisotopic (exact) mass is 233 g/mol. The van der Waals surface area contributed by atoms with E-state index in [-0.39, 0.29) is 0 Å². The molecule has 0 aliphatic heterocycles. The Bertz CT molecular complexity index is 405. The van der Waals surface area contributed by atoms with Crippen molar-refractivity contribution in [2.24, 2.45) is 0 Å². The molecule has 0 heterocycles. The Kier molecular flexibility index (Phi) is 3.74. The van der Waals surface area contributed by atoms with Gasteiger partial charge in [0.05, 0.1) is 12.7 Å². The van der Waals surface area contributed by atoms with Crippen LogP contribution >= 0.6 is 11.8 Å². The molecular formula is C13H15NOS. The second-order valence-electron chi connectivity index (χ2n) is 4.00. The van der Waals surface area contributed by atoms with Gasteiger partial charge in [0.1, 0.15) is 11.8 Å². The summed E-state index contributed by atoms with van der Waals surface area (Å²) < 4.78 is 5.20. The minimum absolute atomic E-state index is 0.680. The summed E-state index contributed by atoms with van der Waals surface area (Å²) in [4.78, 5) is 1.06. The highest BCUT2D eigenvalue weighted by Gasteiger charge is 2.18. The van der Waals surface area contributed by atoms with Crippen LogP contribution in [0.25, 0.3) is 0 Å². The van der Waals surface area contributed by atoms with Crippen LogP contribution in [-0.4, -0.2) is 12.4 Å². The van der Waals surface area contributed by atoms with Gasteiger partial charge in [0, 0.05) is 10.1 Å². The molecule has 0 saturated heterocycles. The van der Waals surface area contributed by atoms with Crippen molar-refractivity contribution in [1.29, 1.82) is 5.26 Å². The molecule has 2 nitrogen and oxygen atoms in total. The number of nitriles is 1. The summed E-state index contributed by atoms with van der Waals surface area (Å²) in [7, 11) is 1.66. The molecule has 0 radical (unpaired) electrons. The summed E-state index contributed by atoms with van der Waals surface area (Å²) in [5, 5.41) is 9.73. The highest BCUT2D eigenvalue weighted by molar-refractivity contribution is 8.00. The summed E-state index contributed by atoms with van der Waals surface area (Å²) >= 11 is 1.83. The van der Waals surface area contributed by atoms with E-state index in [4.69, 9.17) is 10.00 Å². The number of benzene rings is 1. The molecule has 84 valence electrons. The molecule has 0 unspecified atom stereocenters. The molecule has 0 atom stereocenters. The molecule has 1 aromatic rings. The highest BCUT2D eigenvalue weighted by atomic mass is 32.2. The lowest BCUT2D eigenvalue weighted by atomic mass is 10.2. The van der Waals surface area contributed by atoms with Crippen LogP contribution < -0.4 is 4.74 Å². The Morgan fingerprint density at radius 1 is 1.38 bits per heavy atom. The standard InChI is InChI=1S/C13H15NOS/c1-15-11-7-6-10(9-14)13(8-11)16-12-4-2-3-5-12/h6-8,12H,2-5H2,1H3. The lowest BCUT2D eigenvalue weighted by Gasteiger charge is -2.11. The maximum absolute atomic E-state index is 9.05. The van der Waals surface area contributed by atoms with E-state index < -0.39 is 0 Å². The van der Waals surface area contributed by atoms with Crippen molar-refractivity contribution in [2.45, 2.75) is 35.8 Å². The Labute approximate surface area is 101 Å². The topological polar surface area (TPSA) is 33.0 Å². The highest BCUT2D eigenvalue weighted by Crippen LogP contribution is 2.37. The molecule has 0 amide bonds. The van der Waals surface area contributed by atoms with Gasteiger partial charge in [-0.2, -0.15) is 5.26 Å². The van der Waals surface area contributed by atoms with Gasteiger partial charge in [-0.15, -0.1) is 11.8 Å². The maximum atomic E-state index is 9.05. The van der Waals surface area contributed by atoms with Gasteiger partial charge in [-0.1, -0.05) is 12.8 Å². The normalized spacial score (nSPS) is 16.0. The minimum Gasteiger partial charge on any atom is -0.497 e. The Morgan fingerprint density at radius 2 is 2.12 bits per heavy atom. The third-order valence-corrected chi connectivity index (χ3v) is 4.30. The van der Waals surface area contributed by atoms with Gasteiger partial charge in [0.15, 0.2) is 0 Å². The first-order valence-corrected chi connectivity index (χ1v) is 6.46. The number of hydrogen-bond donors (Lipinski definition) is 0. The van der Waals surface area contributed by atoms with Gasteiger partial charge < -0.3 is 4.74 Å². The SMILES string of the molecule is COc1ccc(C#N)c(SC2CCCC2)c1. The van der Waals surface area contributed by atoms with Crippen LogP contribution in [0, 0.1) is 11.3 Å². The maximum Gasteiger partial charge on any atom is 0.120 e. The summed E-state index contributed by atoms with van der Waals surface area (Å²) in [5.41, 5.74) is 0.762. The largest absolute Gasteiger partial charge is 0.497 e. The van der Waals surface area contributed by atoms with E-state index in [0.717, 1.165) is 16.2 Å². The zero-order valence-corrected chi connectivity index (χ0v) is 10.2. The smallest absolute Gasteiger partial charge is 0.120 e. The first-order valence-electron chi connectivity index (χ1n) is 5.58. The Balaban J connectivity index is 2.19. The van der Waals surface area contributed by atoms with Crippen molar-refractivity contribution < 1.29 is 4.74 Å². The summed E-state index contributed by atoms with van der Waals surface area (Å²) in [6.07, 6.45) is 5.19. The molecule has 0 spiro atoms. The van der Waals surface area contributed by atoms with Gasteiger partial charge in [-0.25, -0.2) is 0 Å². The second kappa shape index (κ2) is 5.27. The summed E-state index contributed by atoms with van der Waals surface area (Å²) in [5.74, 6) is 0.833. The molecular weight excluding hydrogens is 218 g/mol. The molecule has 1 aliphatic carbocycles. The molecule has 3 heteroatoms. The van der Waals surface area contributed by atoms with Crippen LogP contribution in [0.4, 0.5) is 0 Å². The van der Waals surface area contributed by atoms with Gasteiger partial charge in [-0.05, 0) is 31.0 Å². The first-order chi connectivity index (χ1) is 7.83. The van der Waals surface area contributed by atoms with E-state index in [0.29, 0.717) is 5.25 Å². The second-order valence-corrected chi connectivity index (χ2v) is 5.34. The van der Waals surface area contributed by atoms with Crippen LogP contribution in [-0.2, 0) is 0 Å². The number of hydrogen-bond acceptors (Lipinski definition) is 3. The zero-order valence-electron chi connectivity index (χ0n) is 9.40. The van der Waals surface area contributed by atoms with Gasteiger partial charge in [0.2, 0.25) is 0 Å². The van der Waals surface area contributed by atoms with Crippen molar-refractivity contribution in [3.05, 3.63) is 23.8 Å². The Hall–Kier alpha value is -1.14. The molecule has 0 bridgehead atoms. The Morgan fingerprint density at radius 3 is 2.75 bits per heavy atom. The number of methoxy groups -OCH3 is 1. The molecule has 0 N–H and O–H groups in total. The molecule has 2 rings (SSSR count). The molecule has 1 aliphatic rings. The van der Waals surface area contributed by atoms with E-state index in [1.54, 1.807) is 7.11 Å².